The lowest BCUT2D eigenvalue weighted by atomic mass is 9.64. The molecular formula is C31H34F4O. The minimum absolute atomic E-state index is 0.0707. The van der Waals surface area contributed by atoms with Crippen LogP contribution in [0, 0.1) is 29.2 Å². The normalized spacial score (nSPS) is 20.9. The van der Waals surface area contributed by atoms with Crippen molar-refractivity contribution >= 4 is 0 Å². The van der Waals surface area contributed by atoms with Crippen LogP contribution in [-0.2, 0) is 4.74 Å². The van der Waals surface area contributed by atoms with Crippen molar-refractivity contribution in [2.45, 2.75) is 70.3 Å². The molecule has 1 saturated carbocycles. The molecule has 3 atom stereocenters. The van der Waals surface area contributed by atoms with Crippen molar-refractivity contribution in [1.82, 2.24) is 0 Å². The van der Waals surface area contributed by atoms with Crippen LogP contribution in [0.3, 0.4) is 0 Å². The smallest absolute Gasteiger partial charge is 0.170 e. The number of halogens is 4. The first kappa shape index (κ1) is 26.4. The van der Waals surface area contributed by atoms with E-state index in [0.29, 0.717) is 12.8 Å². The molecule has 4 rings (SSSR count). The van der Waals surface area contributed by atoms with Crippen molar-refractivity contribution in [3.63, 3.8) is 0 Å². The Morgan fingerprint density at radius 2 is 1.39 bits per heavy atom. The van der Waals surface area contributed by atoms with Crippen molar-refractivity contribution in [2.75, 3.05) is 7.11 Å². The summed E-state index contributed by atoms with van der Waals surface area (Å²) in [5, 5.41) is 0. The fraction of sp³-hybridized carbons (Fsp3) is 0.419. The van der Waals surface area contributed by atoms with Crippen LogP contribution in [0.1, 0.15) is 70.3 Å². The monoisotopic (exact) mass is 498 g/mol. The highest BCUT2D eigenvalue weighted by atomic mass is 19.2. The molecule has 0 aliphatic heterocycles. The van der Waals surface area contributed by atoms with Crippen LogP contribution in [0.15, 0.2) is 54.6 Å². The van der Waals surface area contributed by atoms with Gasteiger partial charge in [0.2, 0.25) is 0 Å². The molecule has 0 bridgehead atoms. The molecule has 1 nitrogen and oxygen atoms in total. The van der Waals surface area contributed by atoms with E-state index in [1.54, 1.807) is 26.2 Å². The second-order valence-corrected chi connectivity index (χ2v) is 9.84. The third-order valence-corrected chi connectivity index (χ3v) is 8.00. The molecule has 0 saturated heterocycles. The molecule has 36 heavy (non-hydrogen) atoms. The fourth-order valence-corrected chi connectivity index (χ4v) is 6.31. The zero-order chi connectivity index (χ0) is 25.9. The predicted octanol–water partition coefficient (Wildman–Crippen LogP) is 9.45. The van der Waals surface area contributed by atoms with E-state index in [9.17, 15) is 0 Å². The first-order chi connectivity index (χ1) is 17.4. The summed E-state index contributed by atoms with van der Waals surface area (Å²) in [5.74, 6) is -6.08. The first-order valence-corrected chi connectivity index (χ1v) is 13.0. The van der Waals surface area contributed by atoms with Crippen LogP contribution in [0.4, 0.5) is 17.6 Å². The van der Waals surface area contributed by atoms with Crippen LogP contribution in [-0.4, -0.2) is 12.7 Å². The lowest BCUT2D eigenvalue weighted by Gasteiger charge is -2.48. The predicted molar refractivity (Wildman–Crippen MR) is 137 cm³/mol. The van der Waals surface area contributed by atoms with Gasteiger partial charge in [-0.3, -0.25) is 0 Å². The van der Waals surface area contributed by atoms with Gasteiger partial charge in [-0.2, -0.15) is 0 Å². The van der Waals surface area contributed by atoms with Crippen molar-refractivity contribution in [1.29, 1.82) is 0 Å². The van der Waals surface area contributed by atoms with E-state index < -0.39 is 45.9 Å². The van der Waals surface area contributed by atoms with Crippen LogP contribution in [0.25, 0.3) is 22.3 Å². The van der Waals surface area contributed by atoms with Gasteiger partial charge in [-0.05, 0) is 48.3 Å². The summed E-state index contributed by atoms with van der Waals surface area (Å²) < 4.78 is 68.5. The molecule has 0 spiro atoms. The van der Waals surface area contributed by atoms with Crippen LogP contribution in [0.2, 0.25) is 0 Å². The highest BCUT2D eigenvalue weighted by Crippen LogP contribution is 2.51. The maximum absolute atomic E-state index is 15.7. The summed E-state index contributed by atoms with van der Waals surface area (Å²) >= 11 is 0. The van der Waals surface area contributed by atoms with Gasteiger partial charge in [0.1, 0.15) is 0 Å². The third-order valence-electron chi connectivity index (χ3n) is 8.00. The molecule has 0 aromatic heterocycles. The Labute approximate surface area is 211 Å². The summed E-state index contributed by atoms with van der Waals surface area (Å²) in [7, 11) is 1.56. The van der Waals surface area contributed by atoms with Gasteiger partial charge in [-0.25, -0.2) is 17.6 Å². The number of hydrogen-bond donors (Lipinski definition) is 0. The summed E-state index contributed by atoms with van der Waals surface area (Å²) in [6.07, 6.45) is 5.40. The zero-order valence-corrected chi connectivity index (χ0v) is 21.2. The molecule has 0 amide bonds. The third kappa shape index (κ3) is 4.58. The van der Waals surface area contributed by atoms with Crippen LogP contribution < -0.4 is 0 Å². The molecule has 0 radical (unpaired) electrons. The van der Waals surface area contributed by atoms with Gasteiger partial charge in [-0.15, -0.1) is 0 Å². The van der Waals surface area contributed by atoms with E-state index >= 15 is 17.6 Å². The maximum atomic E-state index is 15.7. The summed E-state index contributed by atoms with van der Waals surface area (Å²) in [5.41, 5.74) is -0.203. The largest absolute Gasteiger partial charge is 0.377 e. The van der Waals surface area contributed by atoms with Gasteiger partial charge in [0, 0.05) is 18.6 Å². The van der Waals surface area contributed by atoms with Crippen molar-refractivity contribution in [3.05, 3.63) is 83.4 Å². The van der Waals surface area contributed by atoms with E-state index in [4.69, 9.17) is 4.74 Å². The van der Waals surface area contributed by atoms with E-state index in [1.165, 1.54) is 12.1 Å². The molecule has 0 N–H and O–H groups in total. The molecule has 1 fully saturated rings. The van der Waals surface area contributed by atoms with Gasteiger partial charge in [0.15, 0.2) is 23.3 Å². The average Bonchev–Trinajstić information content (AvgIpc) is 2.92. The van der Waals surface area contributed by atoms with Gasteiger partial charge < -0.3 is 4.74 Å². The van der Waals surface area contributed by atoms with Gasteiger partial charge in [-0.1, -0.05) is 87.7 Å². The Morgan fingerprint density at radius 3 is 1.94 bits per heavy atom. The Hall–Kier alpha value is -2.66. The SMILES string of the molecule is CCCC1CCCCC1(OC)C(CC)c1c(F)c(F)c(-c2ccc(-c3ccccc3)cc2)c(F)c1F. The highest BCUT2D eigenvalue weighted by molar-refractivity contribution is 5.71. The van der Waals surface area contributed by atoms with Gasteiger partial charge >= 0.3 is 0 Å². The lowest BCUT2D eigenvalue weighted by Crippen LogP contribution is -2.48. The number of ether oxygens (including phenoxy) is 1. The topological polar surface area (TPSA) is 9.23 Å². The van der Waals surface area contributed by atoms with Crippen molar-refractivity contribution in [3.8, 4) is 22.3 Å². The van der Waals surface area contributed by atoms with Crippen molar-refractivity contribution in [2.24, 2.45) is 5.92 Å². The molecule has 1 aliphatic carbocycles. The van der Waals surface area contributed by atoms with E-state index in [1.807, 2.05) is 30.3 Å². The Morgan fingerprint density at radius 1 is 0.806 bits per heavy atom. The van der Waals surface area contributed by atoms with Crippen molar-refractivity contribution < 1.29 is 22.3 Å². The van der Waals surface area contributed by atoms with Crippen LogP contribution >= 0.6 is 0 Å². The fourth-order valence-electron chi connectivity index (χ4n) is 6.31. The molecule has 3 aromatic rings. The van der Waals surface area contributed by atoms with Crippen LogP contribution in [0.5, 0.6) is 0 Å². The van der Waals surface area contributed by atoms with E-state index in [0.717, 1.165) is 43.2 Å². The molecule has 5 heteroatoms. The Bertz CT molecular complexity index is 1140. The standard InChI is InChI=1S/C31H34F4O/c1-4-11-23-14-9-10-19-31(23,36-3)24(5-2)26-29(34)27(32)25(28(33)30(26)35)22-17-15-21(16-18-22)20-12-7-6-8-13-20/h6-8,12-13,15-18,23-24H,4-5,9-11,14,19H2,1-3H3. The number of methoxy groups -OCH3 is 1. The maximum Gasteiger partial charge on any atom is 0.170 e. The number of hydrogen-bond acceptors (Lipinski definition) is 1. The Kier molecular flexibility index (Phi) is 8.19. The minimum atomic E-state index is -1.36. The summed E-state index contributed by atoms with van der Waals surface area (Å²) in [6, 6.07) is 15.9. The average molecular weight is 499 g/mol. The molecule has 192 valence electrons. The molecular weight excluding hydrogens is 464 g/mol. The first-order valence-electron chi connectivity index (χ1n) is 13.0. The highest BCUT2D eigenvalue weighted by Gasteiger charge is 2.49. The molecule has 3 unspecified atom stereocenters. The Balaban J connectivity index is 1.80. The minimum Gasteiger partial charge on any atom is -0.377 e. The van der Waals surface area contributed by atoms with E-state index in [-0.39, 0.29) is 11.5 Å². The van der Waals surface area contributed by atoms with Gasteiger partial charge in [0.25, 0.3) is 0 Å². The number of benzene rings is 3. The summed E-state index contributed by atoms with van der Waals surface area (Å²) in [4.78, 5) is 0. The van der Waals surface area contributed by atoms with E-state index in [2.05, 4.69) is 6.92 Å². The summed E-state index contributed by atoms with van der Waals surface area (Å²) in [6.45, 7) is 3.86. The zero-order valence-electron chi connectivity index (χ0n) is 21.2. The quantitative estimate of drug-likeness (QED) is 0.222. The molecule has 1 aliphatic rings. The number of rotatable bonds is 8. The molecule has 3 aromatic carbocycles. The van der Waals surface area contributed by atoms with Gasteiger partial charge in [0.05, 0.1) is 11.2 Å². The lowest BCUT2D eigenvalue weighted by molar-refractivity contribution is -0.107. The second kappa shape index (κ2) is 11.2. The molecule has 0 heterocycles. The second-order valence-electron chi connectivity index (χ2n) is 9.84.